The second-order valence-corrected chi connectivity index (χ2v) is 9.33. The van der Waals surface area contributed by atoms with Gasteiger partial charge in [-0.05, 0) is 29.1 Å². The minimum atomic E-state index is -0.200. The van der Waals surface area contributed by atoms with Gasteiger partial charge in [0.15, 0.2) is 0 Å². The van der Waals surface area contributed by atoms with E-state index in [1.165, 1.54) is 22.3 Å². The average molecular weight is 480 g/mol. The maximum atomic E-state index is 13.3. The molecule has 0 saturated carbocycles. The van der Waals surface area contributed by atoms with Crippen LogP contribution in [0, 0.1) is 0 Å². The van der Waals surface area contributed by atoms with E-state index in [0.29, 0.717) is 10.2 Å². The van der Waals surface area contributed by atoms with E-state index in [0.717, 1.165) is 32.9 Å². The summed E-state index contributed by atoms with van der Waals surface area (Å²) in [6.07, 6.45) is 5.06. The molecule has 0 fully saturated rings. The summed E-state index contributed by atoms with van der Waals surface area (Å²) >= 11 is 3.07. The Labute approximate surface area is 202 Å². The fourth-order valence-corrected chi connectivity index (χ4v) is 5.40. The molecule has 4 heterocycles. The highest BCUT2D eigenvalue weighted by Crippen LogP contribution is 2.30. The predicted molar refractivity (Wildman–Crippen MR) is 139 cm³/mol. The first-order valence-corrected chi connectivity index (χ1v) is 12.3. The van der Waals surface area contributed by atoms with E-state index in [-0.39, 0.29) is 5.56 Å². The van der Waals surface area contributed by atoms with Crippen molar-refractivity contribution in [1.29, 1.82) is 0 Å². The minimum Gasteiger partial charge on any atom is -0.267 e. The molecule has 0 amide bonds. The van der Waals surface area contributed by atoms with Crippen LogP contribution in [-0.4, -0.2) is 25.7 Å². The number of thiophene rings is 2. The molecule has 0 radical (unpaired) electrons. The molecule has 0 spiro atoms. The largest absolute Gasteiger partial charge is 0.283 e. The number of hydrogen-bond acceptors (Lipinski definition) is 6. The molecule has 0 aliphatic heterocycles. The van der Waals surface area contributed by atoms with Crippen molar-refractivity contribution in [1.82, 2.24) is 19.4 Å². The average Bonchev–Trinajstić information content (AvgIpc) is 3.64. The minimum absolute atomic E-state index is 0.200. The first-order chi connectivity index (χ1) is 16.8. The van der Waals surface area contributed by atoms with E-state index >= 15 is 0 Å². The third kappa shape index (κ3) is 3.68. The van der Waals surface area contributed by atoms with E-state index in [1.807, 2.05) is 94.4 Å². The molecule has 0 atom stereocenters. The molecular formula is C26H17N5OS2. The lowest BCUT2D eigenvalue weighted by molar-refractivity contribution is 0.819. The molecule has 6 rings (SSSR count). The monoisotopic (exact) mass is 479 g/mol. The van der Waals surface area contributed by atoms with Crippen LogP contribution >= 0.6 is 22.7 Å². The number of hydrogen-bond donors (Lipinski definition) is 0. The van der Waals surface area contributed by atoms with Gasteiger partial charge in [-0.1, -0.05) is 54.6 Å². The fraction of sp³-hybridized carbons (Fsp3) is 0. The third-order valence-corrected chi connectivity index (χ3v) is 7.16. The molecule has 0 N–H and O–H groups in total. The Balaban J connectivity index is 1.44. The molecule has 0 unspecified atom stereocenters. The standard InChI is InChI=1S/C26H17N5OS2/c32-26-23-21(18-8-3-1-4-9-18)16-34-25(23)27-17-31(26)28-14-19-15-30(20-10-5-2-6-11-20)29-24(19)22-12-7-13-33-22/h1-17H/b28-14-. The number of benzene rings is 2. The molecule has 0 aliphatic rings. The van der Waals surface area contributed by atoms with E-state index in [4.69, 9.17) is 5.10 Å². The van der Waals surface area contributed by atoms with Gasteiger partial charge in [0.2, 0.25) is 0 Å². The summed E-state index contributed by atoms with van der Waals surface area (Å²) in [5, 5.41) is 13.8. The highest BCUT2D eigenvalue weighted by atomic mass is 32.1. The maximum absolute atomic E-state index is 13.3. The van der Waals surface area contributed by atoms with Crippen LogP contribution in [0.4, 0.5) is 0 Å². The maximum Gasteiger partial charge on any atom is 0.283 e. The number of rotatable bonds is 5. The molecular weight excluding hydrogens is 462 g/mol. The Kier molecular flexibility index (Phi) is 5.21. The van der Waals surface area contributed by atoms with Crippen LogP contribution < -0.4 is 5.56 Å². The molecule has 6 aromatic rings. The lowest BCUT2D eigenvalue weighted by Crippen LogP contribution is -2.16. The number of aromatic nitrogens is 4. The third-order valence-electron chi connectivity index (χ3n) is 5.40. The highest BCUT2D eigenvalue weighted by molar-refractivity contribution is 7.17. The Morgan fingerprint density at radius 2 is 1.71 bits per heavy atom. The zero-order chi connectivity index (χ0) is 22.9. The van der Waals surface area contributed by atoms with Crippen LogP contribution in [0.25, 0.3) is 37.6 Å². The molecule has 0 aliphatic carbocycles. The smallest absolute Gasteiger partial charge is 0.267 e. The van der Waals surface area contributed by atoms with Crippen molar-refractivity contribution in [3.05, 3.63) is 112 Å². The summed E-state index contributed by atoms with van der Waals surface area (Å²) in [5.74, 6) is 0. The number of para-hydroxylation sites is 1. The van der Waals surface area contributed by atoms with Gasteiger partial charge in [-0.15, -0.1) is 22.7 Å². The first kappa shape index (κ1) is 20.5. The van der Waals surface area contributed by atoms with Crippen molar-refractivity contribution in [2.24, 2.45) is 5.10 Å². The molecule has 0 saturated heterocycles. The van der Waals surface area contributed by atoms with Gasteiger partial charge in [-0.3, -0.25) is 4.79 Å². The van der Waals surface area contributed by atoms with Gasteiger partial charge in [0.1, 0.15) is 16.9 Å². The Morgan fingerprint density at radius 3 is 2.47 bits per heavy atom. The van der Waals surface area contributed by atoms with E-state index in [2.05, 4.69) is 10.1 Å². The molecule has 0 bridgehead atoms. The van der Waals surface area contributed by atoms with Crippen LogP contribution in [0.15, 0.2) is 106 Å². The zero-order valence-electron chi connectivity index (χ0n) is 17.8. The molecule has 164 valence electrons. The Morgan fingerprint density at radius 1 is 0.912 bits per heavy atom. The van der Waals surface area contributed by atoms with Crippen LogP contribution in [0.2, 0.25) is 0 Å². The Hall–Kier alpha value is -4.14. The molecule has 6 nitrogen and oxygen atoms in total. The van der Waals surface area contributed by atoms with Gasteiger partial charge in [-0.2, -0.15) is 14.9 Å². The lowest BCUT2D eigenvalue weighted by Gasteiger charge is -2.01. The summed E-state index contributed by atoms with van der Waals surface area (Å²) < 4.78 is 3.12. The van der Waals surface area contributed by atoms with Gasteiger partial charge in [0.05, 0.1) is 22.2 Å². The first-order valence-electron chi connectivity index (χ1n) is 10.6. The second-order valence-electron chi connectivity index (χ2n) is 7.52. The summed E-state index contributed by atoms with van der Waals surface area (Å²) in [4.78, 5) is 19.5. The van der Waals surface area contributed by atoms with Crippen molar-refractivity contribution < 1.29 is 0 Å². The van der Waals surface area contributed by atoms with Crippen molar-refractivity contribution >= 4 is 39.1 Å². The SMILES string of the molecule is O=c1c2c(-c3ccccc3)csc2ncn1/N=C\c1cn(-c2ccccc2)nc1-c1cccs1. The summed E-state index contributed by atoms with van der Waals surface area (Å²) in [6.45, 7) is 0. The van der Waals surface area contributed by atoms with E-state index < -0.39 is 0 Å². The van der Waals surface area contributed by atoms with Crippen LogP contribution in [0.5, 0.6) is 0 Å². The van der Waals surface area contributed by atoms with Crippen LogP contribution in [0.3, 0.4) is 0 Å². The zero-order valence-corrected chi connectivity index (χ0v) is 19.4. The molecule has 4 aromatic heterocycles. The van der Waals surface area contributed by atoms with Gasteiger partial charge in [0.25, 0.3) is 5.56 Å². The predicted octanol–water partition coefficient (Wildman–Crippen LogP) is 5.92. The normalized spacial score (nSPS) is 11.5. The van der Waals surface area contributed by atoms with Crippen molar-refractivity contribution in [3.8, 4) is 27.4 Å². The number of nitrogens with zero attached hydrogens (tertiary/aromatic N) is 5. The highest BCUT2D eigenvalue weighted by Gasteiger charge is 2.14. The van der Waals surface area contributed by atoms with E-state index in [9.17, 15) is 4.79 Å². The Bertz CT molecular complexity index is 1660. The second kappa shape index (κ2) is 8.66. The molecule has 8 heteroatoms. The summed E-state index contributed by atoms with van der Waals surface area (Å²) in [5.41, 5.74) is 4.23. The van der Waals surface area contributed by atoms with Crippen molar-refractivity contribution in [3.63, 3.8) is 0 Å². The lowest BCUT2D eigenvalue weighted by atomic mass is 10.1. The molecule has 2 aromatic carbocycles. The van der Waals surface area contributed by atoms with Crippen LogP contribution in [0.1, 0.15) is 5.56 Å². The van der Waals surface area contributed by atoms with Crippen molar-refractivity contribution in [2.45, 2.75) is 0 Å². The number of fused-ring (bicyclic) bond motifs is 1. The van der Waals surface area contributed by atoms with E-state index in [1.54, 1.807) is 17.6 Å². The summed E-state index contributed by atoms with van der Waals surface area (Å²) in [6, 6.07) is 23.8. The van der Waals surface area contributed by atoms with Crippen LogP contribution in [-0.2, 0) is 0 Å². The van der Waals surface area contributed by atoms with Gasteiger partial charge >= 0.3 is 0 Å². The fourth-order valence-electron chi connectivity index (χ4n) is 3.76. The van der Waals surface area contributed by atoms with Gasteiger partial charge in [0, 0.05) is 22.7 Å². The summed E-state index contributed by atoms with van der Waals surface area (Å²) in [7, 11) is 0. The topological polar surface area (TPSA) is 65.1 Å². The van der Waals surface area contributed by atoms with Gasteiger partial charge in [-0.25, -0.2) is 9.67 Å². The van der Waals surface area contributed by atoms with Crippen molar-refractivity contribution in [2.75, 3.05) is 0 Å². The molecule has 34 heavy (non-hydrogen) atoms. The van der Waals surface area contributed by atoms with Gasteiger partial charge < -0.3 is 0 Å². The quantitative estimate of drug-likeness (QED) is 0.288.